The van der Waals surface area contributed by atoms with Crippen molar-refractivity contribution in [3.05, 3.63) is 24.5 Å². The Bertz CT molecular complexity index is 617. The average molecular weight is 321 g/mol. The fourth-order valence-corrected chi connectivity index (χ4v) is 3.85. The number of piperidine rings is 1. The van der Waals surface area contributed by atoms with Crippen LogP contribution in [-0.4, -0.2) is 34.1 Å². The first-order valence-corrected chi connectivity index (χ1v) is 8.84. The second kappa shape index (κ2) is 7.01. The van der Waals surface area contributed by atoms with Gasteiger partial charge in [-0.05, 0) is 49.9 Å². The number of halogens is 1. The molecule has 1 aliphatic rings. The number of rotatable bonds is 5. The van der Waals surface area contributed by atoms with Gasteiger partial charge in [-0.1, -0.05) is 13.8 Å². The second-order valence-electron chi connectivity index (χ2n) is 6.74. The van der Waals surface area contributed by atoms with Crippen LogP contribution in [0, 0.1) is 11.8 Å². The van der Waals surface area contributed by atoms with E-state index in [1.54, 1.807) is 6.20 Å². The maximum Gasteiger partial charge on any atom is 0.141 e. The Morgan fingerprint density at radius 1 is 1.36 bits per heavy atom. The van der Waals surface area contributed by atoms with Gasteiger partial charge in [0.2, 0.25) is 0 Å². The van der Waals surface area contributed by atoms with Crippen LogP contribution in [0.5, 0.6) is 0 Å². The standard InChI is InChI=1S/C17H24FN3S/c1-13(2)10-20-8-5-14(6-9-20)11-21-12-16(22-18)15-4-3-7-19-17(15)21/h3-4,7,12-14H,5-6,8-11H2,1-2H3. The smallest absolute Gasteiger partial charge is 0.141 e. The first-order chi connectivity index (χ1) is 10.7. The number of likely N-dealkylation sites (tertiary alicyclic amines) is 1. The number of fused-ring (bicyclic) bond motifs is 1. The molecule has 1 aliphatic heterocycles. The van der Waals surface area contributed by atoms with Gasteiger partial charge in [0.25, 0.3) is 0 Å². The minimum atomic E-state index is 0.319. The van der Waals surface area contributed by atoms with E-state index in [4.69, 9.17) is 0 Å². The Hall–Kier alpha value is -1.07. The molecular formula is C17H24FN3S. The summed E-state index contributed by atoms with van der Waals surface area (Å²) in [6.07, 6.45) is 6.15. The van der Waals surface area contributed by atoms with Gasteiger partial charge < -0.3 is 9.47 Å². The fourth-order valence-electron chi connectivity index (χ4n) is 3.44. The molecule has 2 aromatic rings. The van der Waals surface area contributed by atoms with E-state index in [2.05, 4.69) is 28.3 Å². The van der Waals surface area contributed by atoms with Gasteiger partial charge in [0, 0.05) is 30.9 Å². The van der Waals surface area contributed by atoms with Crippen molar-refractivity contribution in [3.8, 4) is 0 Å². The van der Waals surface area contributed by atoms with E-state index < -0.39 is 0 Å². The van der Waals surface area contributed by atoms with Crippen LogP contribution in [0.15, 0.2) is 29.4 Å². The van der Waals surface area contributed by atoms with Crippen molar-refractivity contribution >= 4 is 23.2 Å². The van der Waals surface area contributed by atoms with Crippen LogP contribution in [0.1, 0.15) is 26.7 Å². The number of hydrogen-bond donors (Lipinski definition) is 0. The molecule has 0 bridgehead atoms. The summed E-state index contributed by atoms with van der Waals surface area (Å²) in [5.74, 6) is 1.40. The largest absolute Gasteiger partial charge is 0.331 e. The highest BCUT2D eigenvalue weighted by atomic mass is 32.2. The summed E-state index contributed by atoms with van der Waals surface area (Å²) < 4.78 is 15.2. The van der Waals surface area contributed by atoms with Gasteiger partial charge >= 0.3 is 0 Å². The summed E-state index contributed by atoms with van der Waals surface area (Å²) in [6.45, 7) is 9.06. The summed E-state index contributed by atoms with van der Waals surface area (Å²) in [7, 11) is 0. The highest BCUT2D eigenvalue weighted by molar-refractivity contribution is 7.94. The van der Waals surface area contributed by atoms with Crippen LogP contribution < -0.4 is 0 Å². The molecule has 0 amide bonds. The molecule has 0 aliphatic carbocycles. The molecule has 0 N–H and O–H groups in total. The monoisotopic (exact) mass is 321 g/mol. The highest BCUT2D eigenvalue weighted by Crippen LogP contribution is 2.31. The van der Waals surface area contributed by atoms with E-state index in [9.17, 15) is 3.89 Å². The van der Waals surface area contributed by atoms with Crippen LogP contribution in [0.2, 0.25) is 0 Å². The van der Waals surface area contributed by atoms with Crippen LogP contribution >= 0.6 is 12.1 Å². The maximum atomic E-state index is 13.1. The van der Waals surface area contributed by atoms with Crippen LogP contribution in [0.25, 0.3) is 11.0 Å². The molecule has 1 fully saturated rings. The lowest BCUT2D eigenvalue weighted by Crippen LogP contribution is -2.37. The molecule has 0 radical (unpaired) electrons. The SMILES string of the molecule is CC(C)CN1CCC(Cn2cc(SF)c3cccnc32)CC1. The predicted octanol–water partition coefficient (Wildman–Crippen LogP) is 4.38. The Morgan fingerprint density at radius 3 is 2.82 bits per heavy atom. The zero-order chi connectivity index (χ0) is 15.5. The molecule has 2 aromatic heterocycles. The third kappa shape index (κ3) is 3.46. The number of nitrogens with zero attached hydrogens (tertiary/aromatic N) is 3. The molecule has 22 heavy (non-hydrogen) atoms. The van der Waals surface area contributed by atoms with E-state index in [-0.39, 0.29) is 0 Å². The van der Waals surface area contributed by atoms with E-state index in [0.29, 0.717) is 23.0 Å². The summed E-state index contributed by atoms with van der Waals surface area (Å²) in [5.41, 5.74) is 0.910. The summed E-state index contributed by atoms with van der Waals surface area (Å²) in [5, 5.41) is 0.923. The Balaban J connectivity index is 1.67. The highest BCUT2D eigenvalue weighted by Gasteiger charge is 2.21. The van der Waals surface area contributed by atoms with E-state index in [0.717, 1.165) is 23.5 Å². The molecular weight excluding hydrogens is 297 g/mol. The molecule has 3 nitrogen and oxygen atoms in total. The normalized spacial score (nSPS) is 17.6. The lowest BCUT2D eigenvalue weighted by Gasteiger charge is -2.33. The fraction of sp³-hybridized carbons (Fsp3) is 0.588. The molecule has 1 saturated heterocycles. The van der Waals surface area contributed by atoms with Crippen molar-refractivity contribution in [2.24, 2.45) is 11.8 Å². The molecule has 3 rings (SSSR count). The first-order valence-electron chi connectivity index (χ1n) is 8.12. The quantitative estimate of drug-likeness (QED) is 0.815. The topological polar surface area (TPSA) is 21.1 Å². The van der Waals surface area contributed by atoms with E-state index in [1.165, 1.54) is 32.5 Å². The van der Waals surface area contributed by atoms with Crippen molar-refractivity contribution < 1.29 is 3.89 Å². The van der Waals surface area contributed by atoms with E-state index >= 15 is 0 Å². The molecule has 5 heteroatoms. The Morgan fingerprint density at radius 2 is 2.14 bits per heavy atom. The molecule has 0 atom stereocenters. The molecule has 0 aromatic carbocycles. The average Bonchev–Trinajstić information content (AvgIpc) is 2.87. The van der Waals surface area contributed by atoms with Gasteiger partial charge in [0.05, 0.1) is 17.0 Å². The molecule has 0 spiro atoms. The number of pyridine rings is 1. The van der Waals surface area contributed by atoms with Gasteiger partial charge in [-0.15, -0.1) is 0 Å². The van der Waals surface area contributed by atoms with Gasteiger partial charge in [0.15, 0.2) is 0 Å². The third-order valence-corrected chi connectivity index (χ3v) is 4.96. The lowest BCUT2D eigenvalue weighted by molar-refractivity contribution is 0.159. The van der Waals surface area contributed by atoms with Crippen LogP contribution in [0.3, 0.4) is 0 Å². The van der Waals surface area contributed by atoms with Crippen molar-refractivity contribution in [2.75, 3.05) is 19.6 Å². The lowest BCUT2D eigenvalue weighted by atomic mass is 9.96. The van der Waals surface area contributed by atoms with Crippen LogP contribution in [0.4, 0.5) is 3.89 Å². The molecule has 3 heterocycles. The van der Waals surface area contributed by atoms with Crippen molar-refractivity contribution in [2.45, 2.75) is 38.1 Å². The van der Waals surface area contributed by atoms with Crippen molar-refractivity contribution in [1.29, 1.82) is 0 Å². The van der Waals surface area contributed by atoms with Crippen LogP contribution in [-0.2, 0) is 6.54 Å². The summed E-state index contributed by atoms with van der Waals surface area (Å²) in [6, 6.07) is 3.82. The zero-order valence-electron chi connectivity index (χ0n) is 13.3. The molecule has 120 valence electrons. The van der Waals surface area contributed by atoms with Gasteiger partial charge in [-0.3, -0.25) is 0 Å². The third-order valence-electron chi connectivity index (χ3n) is 4.47. The summed E-state index contributed by atoms with van der Waals surface area (Å²) >= 11 is 0.319. The van der Waals surface area contributed by atoms with Gasteiger partial charge in [-0.25, -0.2) is 4.98 Å². The first kappa shape index (κ1) is 15.8. The zero-order valence-corrected chi connectivity index (χ0v) is 14.2. The maximum absolute atomic E-state index is 13.1. The second-order valence-corrected chi connectivity index (χ2v) is 7.33. The van der Waals surface area contributed by atoms with Crippen molar-refractivity contribution in [1.82, 2.24) is 14.5 Å². The van der Waals surface area contributed by atoms with Gasteiger partial charge in [0.1, 0.15) is 5.65 Å². The molecule has 0 unspecified atom stereocenters. The Kier molecular flexibility index (Phi) is 5.03. The number of aromatic nitrogens is 2. The summed E-state index contributed by atoms with van der Waals surface area (Å²) in [4.78, 5) is 7.69. The molecule has 0 saturated carbocycles. The minimum absolute atomic E-state index is 0.319. The predicted molar refractivity (Wildman–Crippen MR) is 90.7 cm³/mol. The van der Waals surface area contributed by atoms with Crippen molar-refractivity contribution in [3.63, 3.8) is 0 Å². The van der Waals surface area contributed by atoms with Gasteiger partial charge in [-0.2, -0.15) is 3.89 Å². The van der Waals surface area contributed by atoms with E-state index in [1.807, 2.05) is 18.3 Å². The minimum Gasteiger partial charge on any atom is -0.331 e. The Labute approximate surface area is 136 Å². The number of hydrogen-bond acceptors (Lipinski definition) is 3.